The van der Waals surface area contributed by atoms with Gasteiger partial charge >= 0.3 is 0 Å². The van der Waals surface area contributed by atoms with Gasteiger partial charge in [-0.05, 0) is 50.2 Å². The minimum absolute atomic E-state index is 0.143. The third-order valence-corrected chi connectivity index (χ3v) is 7.44. The lowest BCUT2D eigenvalue weighted by atomic mass is 10.2. The van der Waals surface area contributed by atoms with Crippen molar-refractivity contribution in [1.29, 1.82) is 0 Å². The zero-order valence-electron chi connectivity index (χ0n) is 16.1. The molecule has 6 nitrogen and oxygen atoms in total. The highest BCUT2D eigenvalue weighted by molar-refractivity contribution is 7.89. The highest BCUT2D eigenvalue weighted by atomic mass is 35.5. The Morgan fingerprint density at radius 3 is 2.31 bits per heavy atom. The molecule has 0 aliphatic heterocycles. The van der Waals surface area contributed by atoms with Crippen molar-refractivity contribution in [2.75, 3.05) is 12.4 Å². The van der Waals surface area contributed by atoms with Gasteiger partial charge in [-0.15, -0.1) is 11.3 Å². The maximum Gasteiger partial charge on any atom is 0.257 e. The molecular weight excluding hydrogens is 430 g/mol. The second-order valence-corrected chi connectivity index (χ2v) is 9.93. The Labute approximate surface area is 179 Å². The fourth-order valence-electron chi connectivity index (χ4n) is 2.48. The summed E-state index contributed by atoms with van der Waals surface area (Å²) in [5, 5.41) is 5.68. The Morgan fingerprint density at radius 2 is 1.72 bits per heavy atom. The topological polar surface area (TPSA) is 79.4 Å². The van der Waals surface area contributed by atoms with E-state index in [-0.39, 0.29) is 16.8 Å². The van der Waals surface area contributed by atoms with Crippen LogP contribution < -0.4 is 5.32 Å². The molecule has 1 N–H and O–H groups in total. The first kappa shape index (κ1) is 21.4. The first-order valence-corrected chi connectivity index (χ1v) is 11.5. The molecule has 0 spiro atoms. The van der Waals surface area contributed by atoms with Crippen molar-refractivity contribution in [3.63, 3.8) is 0 Å². The molecule has 0 bridgehead atoms. The maximum atomic E-state index is 12.5. The highest BCUT2D eigenvalue weighted by Gasteiger charge is 2.23. The summed E-state index contributed by atoms with van der Waals surface area (Å²) in [7, 11) is -2.06. The number of anilines is 1. The summed E-state index contributed by atoms with van der Waals surface area (Å²) in [6, 6.07) is 13.0. The minimum atomic E-state index is -3.59. The predicted octanol–water partition coefficient (Wildman–Crippen LogP) is 4.74. The van der Waals surface area contributed by atoms with E-state index in [1.54, 1.807) is 26.0 Å². The molecule has 1 aromatic heterocycles. The first-order chi connectivity index (χ1) is 13.7. The molecule has 1 heterocycles. The van der Waals surface area contributed by atoms with E-state index in [0.29, 0.717) is 15.7 Å². The number of sulfonamides is 1. The molecule has 3 rings (SSSR count). The molecule has 2 aromatic carbocycles. The molecule has 9 heteroatoms. The second kappa shape index (κ2) is 8.62. The molecule has 0 aliphatic carbocycles. The number of hydrogen-bond acceptors (Lipinski definition) is 5. The van der Waals surface area contributed by atoms with Gasteiger partial charge in [-0.25, -0.2) is 13.4 Å². The van der Waals surface area contributed by atoms with Crippen molar-refractivity contribution < 1.29 is 13.2 Å². The van der Waals surface area contributed by atoms with Gasteiger partial charge in [-0.1, -0.05) is 23.7 Å². The number of amides is 1. The summed E-state index contributed by atoms with van der Waals surface area (Å²) >= 11 is 7.21. The third-order valence-electron chi connectivity index (χ3n) is 4.39. The zero-order valence-corrected chi connectivity index (χ0v) is 18.5. The number of nitrogens with zero attached hydrogens (tertiary/aromatic N) is 2. The molecule has 152 valence electrons. The number of benzene rings is 2. The van der Waals surface area contributed by atoms with Crippen molar-refractivity contribution in [3.05, 3.63) is 64.5 Å². The largest absolute Gasteiger partial charge is 0.298 e. The number of carbonyl (C=O) groups excluding carboxylic acids is 1. The monoisotopic (exact) mass is 449 g/mol. The van der Waals surface area contributed by atoms with Crippen LogP contribution in [0.25, 0.3) is 11.3 Å². The molecule has 0 saturated carbocycles. The van der Waals surface area contributed by atoms with Crippen LogP contribution in [0.5, 0.6) is 0 Å². The van der Waals surface area contributed by atoms with Crippen LogP contribution in [0.4, 0.5) is 5.13 Å². The van der Waals surface area contributed by atoms with Crippen LogP contribution in [0.1, 0.15) is 24.2 Å². The van der Waals surface area contributed by atoms with E-state index >= 15 is 0 Å². The van der Waals surface area contributed by atoms with Gasteiger partial charge in [0.15, 0.2) is 5.13 Å². The second-order valence-electron chi connectivity index (χ2n) is 6.64. The molecule has 0 unspecified atom stereocenters. The average molecular weight is 450 g/mol. The van der Waals surface area contributed by atoms with Crippen molar-refractivity contribution in [1.82, 2.24) is 9.29 Å². The molecule has 0 aliphatic rings. The standard InChI is InChI=1S/C20H20ClN3O3S2/c1-13(2)24(3)29(26,27)17-10-6-15(7-11-17)19(25)23-20-22-18(12-28-20)14-4-8-16(21)9-5-14/h4-13H,1-3H3,(H,22,23,25). The predicted molar refractivity (Wildman–Crippen MR) is 117 cm³/mol. The Bertz CT molecular complexity index is 1110. The zero-order chi connectivity index (χ0) is 21.2. The van der Waals surface area contributed by atoms with E-state index in [1.807, 2.05) is 17.5 Å². The Morgan fingerprint density at radius 1 is 1.10 bits per heavy atom. The van der Waals surface area contributed by atoms with E-state index < -0.39 is 10.0 Å². The molecule has 0 saturated heterocycles. The van der Waals surface area contributed by atoms with E-state index in [1.165, 1.54) is 47.0 Å². The number of thiazole rings is 1. The molecule has 0 atom stereocenters. The summed E-state index contributed by atoms with van der Waals surface area (Å²) in [5.74, 6) is -0.358. The van der Waals surface area contributed by atoms with Gasteiger partial charge in [0.05, 0.1) is 10.6 Å². The van der Waals surface area contributed by atoms with E-state index in [9.17, 15) is 13.2 Å². The molecule has 29 heavy (non-hydrogen) atoms. The van der Waals surface area contributed by atoms with Crippen LogP contribution in [-0.2, 0) is 10.0 Å². The lowest BCUT2D eigenvalue weighted by molar-refractivity contribution is 0.102. The Hall–Kier alpha value is -2.26. The van der Waals surface area contributed by atoms with Gasteiger partial charge in [0.2, 0.25) is 10.0 Å². The van der Waals surface area contributed by atoms with Crippen LogP contribution in [0, 0.1) is 0 Å². The van der Waals surface area contributed by atoms with Gasteiger partial charge < -0.3 is 0 Å². The van der Waals surface area contributed by atoms with Crippen molar-refractivity contribution in [3.8, 4) is 11.3 Å². The van der Waals surface area contributed by atoms with Crippen molar-refractivity contribution >= 4 is 44.0 Å². The fraction of sp³-hybridized carbons (Fsp3) is 0.200. The maximum absolute atomic E-state index is 12.5. The lowest BCUT2D eigenvalue weighted by Crippen LogP contribution is -2.33. The molecule has 0 fully saturated rings. The highest BCUT2D eigenvalue weighted by Crippen LogP contribution is 2.26. The summed E-state index contributed by atoms with van der Waals surface area (Å²) < 4.78 is 26.3. The summed E-state index contributed by atoms with van der Waals surface area (Å²) in [6.07, 6.45) is 0. The molecule has 0 radical (unpaired) electrons. The van der Waals surface area contributed by atoms with Gasteiger partial charge in [0, 0.05) is 34.6 Å². The number of halogens is 1. The van der Waals surface area contributed by atoms with Crippen molar-refractivity contribution in [2.24, 2.45) is 0 Å². The van der Waals surface area contributed by atoms with Gasteiger partial charge in [0.25, 0.3) is 5.91 Å². The van der Waals surface area contributed by atoms with E-state index in [4.69, 9.17) is 11.6 Å². The Kier molecular flexibility index (Phi) is 6.38. The lowest BCUT2D eigenvalue weighted by Gasteiger charge is -2.20. The summed E-state index contributed by atoms with van der Waals surface area (Å²) in [4.78, 5) is 17.0. The molecule has 3 aromatic rings. The summed E-state index contributed by atoms with van der Waals surface area (Å²) in [6.45, 7) is 3.59. The number of aromatic nitrogens is 1. The van der Waals surface area contributed by atoms with E-state index in [2.05, 4.69) is 10.3 Å². The number of rotatable bonds is 6. The number of hydrogen-bond donors (Lipinski definition) is 1. The minimum Gasteiger partial charge on any atom is -0.298 e. The average Bonchev–Trinajstić information content (AvgIpc) is 3.16. The summed E-state index contributed by atoms with van der Waals surface area (Å²) in [5.41, 5.74) is 1.98. The van der Waals surface area contributed by atoms with E-state index in [0.717, 1.165) is 11.3 Å². The quantitative estimate of drug-likeness (QED) is 0.589. The molecular formula is C20H20ClN3O3S2. The number of nitrogens with one attached hydrogen (secondary N) is 1. The van der Waals surface area contributed by atoms with Gasteiger partial charge in [-0.2, -0.15) is 4.31 Å². The van der Waals surface area contributed by atoms with Gasteiger partial charge in [-0.3, -0.25) is 10.1 Å². The van der Waals surface area contributed by atoms with Crippen LogP contribution in [-0.4, -0.2) is 36.7 Å². The normalized spacial score (nSPS) is 11.8. The fourth-order valence-corrected chi connectivity index (χ4v) is 4.68. The SMILES string of the molecule is CC(C)N(C)S(=O)(=O)c1ccc(C(=O)Nc2nc(-c3ccc(Cl)cc3)cs2)cc1. The van der Waals surface area contributed by atoms with Crippen LogP contribution >= 0.6 is 22.9 Å². The van der Waals surface area contributed by atoms with Crippen LogP contribution in [0.2, 0.25) is 5.02 Å². The van der Waals surface area contributed by atoms with Crippen LogP contribution in [0.3, 0.4) is 0 Å². The van der Waals surface area contributed by atoms with Gasteiger partial charge in [0.1, 0.15) is 0 Å². The molecule has 1 amide bonds. The number of carbonyl (C=O) groups is 1. The smallest absolute Gasteiger partial charge is 0.257 e. The van der Waals surface area contributed by atoms with Crippen molar-refractivity contribution in [2.45, 2.75) is 24.8 Å². The Balaban J connectivity index is 1.73. The van der Waals surface area contributed by atoms with Crippen LogP contribution in [0.15, 0.2) is 58.8 Å². The third kappa shape index (κ3) is 4.84. The first-order valence-electron chi connectivity index (χ1n) is 8.79.